The lowest BCUT2D eigenvalue weighted by Crippen LogP contribution is -2.32. The summed E-state index contributed by atoms with van der Waals surface area (Å²) in [5.74, 6) is -0.189. The molecule has 128 valence electrons. The van der Waals surface area contributed by atoms with Crippen molar-refractivity contribution in [2.24, 2.45) is 5.41 Å². The maximum Gasteiger partial charge on any atom is 0.244 e. The topological polar surface area (TPSA) is 78.7 Å². The van der Waals surface area contributed by atoms with Crippen LogP contribution in [0.3, 0.4) is 0 Å². The quantitative estimate of drug-likeness (QED) is 0.832. The largest absolute Gasteiger partial charge is 0.325 e. The highest BCUT2D eigenvalue weighted by Crippen LogP contribution is 2.38. The molecule has 5 nitrogen and oxygen atoms in total. The summed E-state index contributed by atoms with van der Waals surface area (Å²) in [5.41, 5.74) is 1.73. The number of aromatic nitrogens is 2. The van der Waals surface area contributed by atoms with Gasteiger partial charge < -0.3 is 5.32 Å². The van der Waals surface area contributed by atoms with Gasteiger partial charge in [-0.15, -0.1) is 0 Å². The van der Waals surface area contributed by atoms with E-state index < -0.39 is 5.41 Å². The number of hydrogen-bond acceptors (Lipinski definition) is 5. The normalized spacial score (nSPS) is 15.6. The van der Waals surface area contributed by atoms with Gasteiger partial charge in [0.15, 0.2) is 5.16 Å². The number of carbonyl (C=O) groups excluding carboxylic acids is 1. The fourth-order valence-corrected chi connectivity index (χ4v) is 3.93. The van der Waals surface area contributed by atoms with Crippen LogP contribution in [-0.4, -0.2) is 15.9 Å². The van der Waals surface area contributed by atoms with Crippen LogP contribution >= 0.6 is 11.8 Å². The molecular formula is C19H20N4OS. The van der Waals surface area contributed by atoms with E-state index in [0.717, 1.165) is 29.1 Å². The lowest BCUT2D eigenvalue weighted by atomic mass is 9.87. The summed E-state index contributed by atoms with van der Waals surface area (Å²) in [4.78, 5) is 22.3. The summed E-state index contributed by atoms with van der Waals surface area (Å²) in [6.07, 6.45) is 3.17. The Morgan fingerprint density at radius 3 is 2.32 bits per heavy atom. The number of amides is 1. The second-order valence-corrected chi connectivity index (χ2v) is 7.46. The molecule has 25 heavy (non-hydrogen) atoms. The van der Waals surface area contributed by atoms with E-state index in [2.05, 4.69) is 21.4 Å². The van der Waals surface area contributed by atoms with Crippen LogP contribution in [0.1, 0.15) is 37.1 Å². The van der Waals surface area contributed by atoms with E-state index in [-0.39, 0.29) is 5.91 Å². The molecule has 0 saturated heterocycles. The molecule has 2 aromatic rings. The number of rotatable bonds is 4. The molecule has 1 saturated carbocycles. The van der Waals surface area contributed by atoms with Crippen LogP contribution in [0, 0.1) is 30.6 Å². The van der Waals surface area contributed by atoms with Gasteiger partial charge in [0.2, 0.25) is 5.91 Å². The molecule has 0 unspecified atom stereocenters. The summed E-state index contributed by atoms with van der Waals surface area (Å²) in [6.45, 7) is 3.90. The number of nitrogens with one attached hydrogen (secondary N) is 1. The van der Waals surface area contributed by atoms with Gasteiger partial charge in [0.1, 0.15) is 5.41 Å². The van der Waals surface area contributed by atoms with Crippen molar-refractivity contribution < 1.29 is 4.79 Å². The van der Waals surface area contributed by atoms with E-state index >= 15 is 0 Å². The zero-order valence-electron chi connectivity index (χ0n) is 14.4. The first-order valence-corrected chi connectivity index (χ1v) is 9.15. The second kappa shape index (κ2) is 7.24. The Hall–Kier alpha value is -2.39. The summed E-state index contributed by atoms with van der Waals surface area (Å²) in [5, 5.41) is 13.0. The van der Waals surface area contributed by atoms with Crippen molar-refractivity contribution >= 4 is 23.4 Å². The van der Waals surface area contributed by atoms with Crippen LogP contribution in [0.15, 0.2) is 40.4 Å². The minimum Gasteiger partial charge on any atom is -0.325 e. The minimum atomic E-state index is -0.861. The van der Waals surface area contributed by atoms with Crippen LogP contribution in [-0.2, 0) is 4.79 Å². The monoisotopic (exact) mass is 352 g/mol. The Kier molecular flexibility index (Phi) is 5.05. The molecule has 1 fully saturated rings. The molecule has 1 N–H and O–H groups in total. The zero-order chi connectivity index (χ0) is 17.9. The van der Waals surface area contributed by atoms with E-state index in [4.69, 9.17) is 0 Å². The van der Waals surface area contributed by atoms with Crippen LogP contribution < -0.4 is 5.32 Å². The molecule has 1 aromatic carbocycles. The zero-order valence-corrected chi connectivity index (χ0v) is 15.2. The van der Waals surface area contributed by atoms with Crippen molar-refractivity contribution in [3.63, 3.8) is 0 Å². The minimum absolute atomic E-state index is 0.189. The number of anilines is 1. The second-order valence-electron chi connectivity index (χ2n) is 6.41. The number of benzene rings is 1. The number of nitrogens with zero attached hydrogens (tertiary/aromatic N) is 3. The Morgan fingerprint density at radius 2 is 1.76 bits per heavy atom. The van der Waals surface area contributed by atoms with Gasteiger partial charge in [-0.2, -0.15) is 5.26 Å². The molecule has 1 heterocycles. The summed E-state index contributed by atoms with van der Waals surface area (Å²) in [6, 6.07) is 11.7. The molecule has 1 aliphatic rings. The molecule has 0 spiro atoms. The highest BCUT2D eigenvalue weighted by atomic mass is 32.2. The molecule has 1 aliphatic carbocycles. The van der Waals surface area contributed by atoms with E-state index in [1.165, 1.54) is 11.8 Å². The third-order valence-electron chi connectivity index (χ3n) is 4.39. The van der Waals surface area contributed by atoms with Crippen molar-refractivity contribution in [1.29, 1.82) is 5.26 Å². The van der Waals surface area contributed by atoms with Gasteiger partial charge in [-0.05, 0) is 68.8 Å². The van der Waals surface area contributed by atoms with Gasteiger partial charge in [-0.1, -0.05) is 12.8 Å². The van der Waals surface area contributed by atoms with Crippen molar-refractivity contribution in [3.8, 4) is 6.07 Å². The molecule has 0 bridgehead atoms. The SMILES string of the molecule is Cc1cc(C)nc(Sc2ccc(NC(=O)C3(C#N)CCCC3)cc2)n1. The van der Waals surface area contributed by atoms with Crippen molar-refractivity contribution in [2.75, 3.05) is 5.32 Å². The molecule has 0 aliphatic heterocycles. The van der Waals surface area contributed by atoms with Gasteiger partial charge in [0.25, 0.3) is 0 Å². The van der Waals surface area contributed by atoms with Gasteiger partial charge in [-0.25, -0.2) is 9.97 Å². The molecule has 0 atom stereocenters. The standard InChI is InChI=1S/C19H20N4OS/c1-13-11-14(2)22-18(21-13)25-16-7-5-15(6-8-16)23-17(24)19(12-20)9-3-4-10-19/h5-8,11H,3-4,9-10H2,1-2H3,(H,23,24). The predicted octanol–water partition coefficient (Wildman–Crippen LogP) is 4.27. The average Bonchev–Trinajstić information content (AvgIpc) is 3.06. The Labute approximate surface area is 151 Å². The van der Waals surface area contributed by atoms with Crippen LogP contribution in [0.25, 0.3) is 0 Å². The fraction of sp³-hybridized carbons (Fsp3) is 0.368. The van der Waals surface area contributed by atoms with Gasteiger partial charge in [0, 0.05) is 22.0 Å². The van der Waals surface area contributed by atoms with E-state index in [9.17, 15) is 10.1 Å². The average molecular weight is 352 g/mol. The van der Waals surface area contributed by atoms with E-state index in [1.807, 2.05) is 44.2 Å². The van der Waals surface area contributed by atoms with Crippen molar-refractivity contribution in [3.05, 3.63) is 41.7 Å². The lowest BCUT2D eigenvalue weighted by molar-refractivity contribution is -0.122. The first-order valence-electron chi connectivity index (χ1n) is 8.34. The lowest BCUT2D eigenvalue weighted by Gasteiger charge is -2.19. The highest BCUT2D eigenvalue weighted by Gasteiger charge is 2.41. The number of carbonyl (C=O) groups is 1. The number of nitriles is 1. The maximum absolute atomic E-state index is 12.5. The Bertz CT molecular complexity index is 800. The first-order chi connectivity index (χ1) is 12.0. The molecule has 0 radical (unpaired) electrons. The van der Waals surface area contributed by atoms with Crippen molar-refractivity contribution in [1.82, 2.24) is 9.97 Å². The third-order valence-corrected chi connectivity index (χ3v) is 5.26. The first kappa shape index (κ1) is 17.4. The highest BCUT2D eigenvalue weighted by molar-refractivity contribution is 7.99. The predicted molar refractivity (Wildman–Crippen MR) is 97.2 cm³/mol. The van der Waals surface area contributed by atoms with Crippen LogP contribution in [0.5, 0.6) is 0 Å². The molecular weight excluding hydrogens is 332 g/mol. The Morgan fingerprint density at radius 1 is 1.16 bits per heavy atom. The van der Waals surface area contributed by atoms with Gasteiger partial charge >= 0.3 is 0 Å². The molecule has 1 amide bonds. The smallest absolute Gasteiger partial charge is 0.244 e. The summed E-state index contributed by atoms with van der Waals surface area (Å²) in [7, 11) is 0. The van der Waals surface area contributed by atoms with Gasteiger partial charge in [0.05, 0.1) is 6.07 Å². The maximum atomic E-state index is 12.5. The molecule has 6 heteroatoms. The Balaban J connectivity index is 1.68. The van der Waals surface area contributed by atoms with E-state index in [0.29, 0.717) is 23.7 Å². The van der Waals surface area contributed by atoms with E-state index in [1.54, 1.807) is 0 Å². The summed E-state index contributed by atoms with van der Waals surface area (Å²) >= 11 is 1.49. The third kappa shape index (κ3) is 3.99. The molecule has 3 rings (SSSR count). The summed E-state index contributed by atoms with van der Waals surface area (Å²) < 4.78 is 0. The number of aryl methyl sites for hydroxylation is 2. The van der Waals surface area contributed by atoms with Crippen molar-refractivity contribution in [2.45, 2.75) is 49.6 Å². The van der Waals surface area contributed by atoms with Gasteiger partial charge in [-0.3, -0.25) is 4.79 Å². The van der Waals surface area contributed by atoms with Crippen LogP contribution in [0.2, 0.25) is 0 Å². The molecule has 1 aromatic heterocycles. The van der Waals surface area contributed by atoms with Crippen LogP contribution in [0.4, 0.5) is 5.69 Å². The number of hydrogen-bond donors (Lipinski definition) is 1. The fourth-order valence-electron chi connectivity index (χ4n) is 3.07.